The van der Waals surface area contributed by atoms with Crippen molar-refractivity contribution in [1.29, 1.82) is 0 Å². The zero-order valence-corrected chi connectivity index (χ0v) is 12.8. The van der Waals surface area contributed by atoms with E-state index in [0.717, 1.165) is 11.3 Å². The van der Waals surface area contributed by atoms with E-state index in [4.69, 9.17) is 0 Å². The molecular weight excluding hydrogens is 294 g/mol. The maximum absolute atomic E-state index is 12.3. The van der Waals surface area contributed by atoms with Gasteiger partial charge in [-0.05, 0) is 30.7 Å². The topological polar surface area (TPSA) is 80.1 Å². The van der Waals surface area contributed by atoms with Crippen LogP contribution in [0.25, 0.3) is 0 Å². The highest BCUT2D eigenvalue weighted by molar-refractivity contribution is 6.03. The third kappa shape index (κ3) is 2.73. The first-order valence-corrected chi connectivity index (χ1v) is 7.36. The minimum Gasteiger partial charge on any atom is -0.348 e. The Bertz CT molecular complexity index is 781. The molecule has 7 nitrogen and oxygen atoms in total. The van der Waals surface area contributed by atoms with Gasteiger partial charge in [0.25, 0.3) is 11.8 Å². The van der Waals surface area contributed by atoms with Crippen LogP contribution in [0.1, 0.15) is 28.5 Å². The second kappa shape index (κ2) is 6.04. The van der Waals surface area contributed by atoms with Crippen LogP contribution in [0.4, 0.5) is 5.69 Å². The monoisotopic (exact) mass is 311 g/mol. The van der Waals surface area contributed by atoms with Gasteiger partial charge in [-0.15, -0.1) is 5.10 Å². The highest BCUT2D eigenvalue weighted by atomic mass is 16.2. The number of nitrogens with one attached hydrogen (secondary N) is 1. The van der Waals surface area contributed by atoms with Crippen molar-refractivity contribution in [3.8, 4) is 0 Å². The Kier molecular flexibility index (Phi) is 3.92. The first-order chi connectivity index (χ1) is 11.1. The second-order valence-corrected chi connectivity index (χ2v) is 5.19. The van der Waals surface area contributed by atoms with E-state index in [-0.39, 0.29) is 11.8 Å². The molecule has 0 bridgehead atoms. The molecule has 7 heteroatoms. The van der Waals surface area contributed by atoms with E-state index in [0.29, 0.717) is 30.9 Å². The van der Waals surface area contributed by atoms with Crippen LogP contribution in [0.2, 0.25) is 0 Å². The Balaban J connectivity index is 1.97. The fourth-order valence-corrected chi connectivity index (χ4v) is 2.60. The van der Waals surface area contributed by atoms with Crippen LogP contribution in [-0.4, -0.2) is 26.8 Å². The van der Waals surface area contributed by atoms with Crippen molar-refractivity contribution in [3.05, 3.63) is 53.9 Å². The fourth-order valence-electron chi connectivity index (χ4n) is 2.60. The Labute approximate surface area is 133 Å². The predicted octanol–water partition coefficient (Wildman–Crippen LogP) is 1.26. The molecule has 1 aromatic heterocycles. The van der Waals surface area contributed by atoms with Crippen LogP contribution in [-0.2, 0) is 24.4 Å². The van der Waals surface area contributed by atoms with Crippen LogP contribution in [0.3, 0.4) is 0 Å². The standard InChI is InChI=1S/C16H17N5O2/c1-3-15(22)20(10-13-9-18-19-21(13)4-2)12-6-5-11-8-17-16(23)14(11)7-12/h3,5-7,9H,1,4,8,10H2,2H3,(H,17,23). The molecule has 0 spiro atoms. The number of fused-ring (bicyclic) bond motifs is 1. The van der Waals surface area contributed by atoms with Crippen LogP contribution in [0.5, 0.6) is 0 Å². The van der Waals surface area contributed by atoms with E-state index in [1.165, 1.54) is 6.08 Å². The summed E-state index contributed by atoms with van der Waals surface area (Å²) in [6.07, 6.45) is 2.89. The molecule has 1 aromatic carbocycles. The number of rotatable bonds is 5. The average molecular weight is 311 g/mol. The van der Waals surface area contributed by atoms with Gasteiger partial charge in [0, 0.05) is 24.3 Å². The summed E-state index contributed by atoms with van der Waals surface area (Å²) in [7, 11) is 0. The number of hydrogen-bond donors (Lipinski definition) is 1. The molecule has 2 aromatic rings. The third-order valence-corrected chi connectivity index (χ3v) is 3.85. The summed E-state index contributed by atoms with van der Waals surface area (Å²) in [5.74, 6) is -0.361. The first kappa shape index (κ1) is 15.0. The van der Waals surface area contributed by atoms with Gasteiger partial charge >= 0.3 is 0 Å². The lowest BCUT2D eigenvalue weighted by Gasteiger charge is -2.22. The first-order valence-electron chi connectivity index (χ1n) is 7.36. The summed E-state index contributed by atoms with van der Waals surface area (Å²) >= 11 is 0. The summed E-state index contributed by atoms with van der Waals surface area (Å²) in [6, 6.07) is 5.43. The quantitative estimate of drug-likeness (QED) is 0.843. The SMILES string of the molecule is C=CC(=O)N(Cc1cnnn1CC)c1ccc2c(c1)C(=O)NC2. The molecule has 2 amide bonds. The van der Waals surface area contributed by atoms with Crippen molar-refractivity contribution < 1.29 is 9.59 Å². The van der Waals surface area contributed by atoms with Crippen LogP contribution < -0.4 is 10.2 Å². The van der Waals surface area contributed by atoms with Crippen molar-refractivity contribution in [2.24, 2.45) is 0 Å². The van der Waals surface area contributed by atoms with Crippen molar-refractivity contribution in [1.82, 2.24) is 20.3 Å². The third-order valence-electron chi connectivity index (χ3n) is 3.85. The van der Waals surface area contributed by atoms with Crippen LogP contribution in [0.15, 0.2) is 37.1 Å². The Hall–Kier alpha value is -2.96. The summed E-state index contributed by atoms with van der Waals surface area (Å²) in [5.41, 5.74) is 3.00. The molecule has 2 heterocycles. The molecule has 1 aliphatic rings. The molecule has 3 rings (SSSR count). The van der Waals surface area contributed by atoms with Crippen molar-refractivity contribution in [2.45, 2.75) is 26.6 Å². The summed E-state index contributed by atoms with van der Waals surface area (Å²) < 4.78 is 1.73. The maximum atomic E-state index is 12.3. The number of hydrogen-bond acceptors (Lipinski definition) is 4. The Morgan fingerprint density at radius 2 is 2.35 bits per heavy atom. The van der Waals surface area contributed by atoms with Gasteiger partial charge in [-0.25, -0.2) is 4.68 Å². The van der Waals surface area contributed by atoms with Gasteiger partial charge in [0.05, 0.1) is 18.4 Å². The molecule has 0 fully saturated rings. The van der Waals surface area contributed by atoms with Gasteiger partial charge < -0.3 is 10.2 Å². The molecule has 1 N–H and O–H groups in total. The van der Waals surface area contributed by atoms with Gasteiger partial charge in [0.1, 0.15) is 0 Å². The smallest absolute Gasteiger partial charge is 0.251 e. The number of aryl methyl sites for hydroxylation is 1. The van der Waals surface area contributed by atoms with Gasteiger partial charge in [-0.2, -0.15) is 0 Å². The molecule has 0 saturated heterocycles. The lowest BCUT2D eigenvalue weighted by Crippen LogP contribution is -2.30. The van der Waals surface area contributed by atoms with Gasteiger partial charge in [0.2, 0.25) is 0 Å². The van der Waals surface area contributed by atoms with E-state index in [9.17, 15) is 9.59 Å². The zero-order valence-electron chi connectivity index (χ0n) is 12.8. The fraction of sp³-hybridized carbons (Fsp3) is 0.250. The number of anilines is 1. The number of carbonyl (C=O) groups is 2. The Morgan fingerprint density at radius 3 is 3.09 bits per heavy atom. The molecule has 0 aliphatic carbocycles. The maximum Gasteiger partial charge on any atom is 0.251 e. The second-order valence-electron chi connectivity index (χ2n) is 5.19. The summed E-state index contributed by atoms with van der Waals surface area (Å²) in [4.78, 5) is 25.7. The number of amides is 2. The van der Waals surface area contributed by atoms with Gasteiger partial charge in [-0.1, -0.05) is 17.9 Å². The Morgan fingerprint density at radius 1 is 1.52 bits per heavy atom. The van der Waals surface area contributed by atoms with Crippen molar-refractivity contribution in [3.63, 3.8) is 0 Å². The zero-order chi connectivity index (χ0) is 16.4. The normalized spacial score (nSPS) is 12.7. The van der Waals surface area contributed by atoms with Crippen LogP contribution >= 0.6 is 0 Å². The number of benzene rings is 1. The van der Waals surface area contributed by atoms with Crippen molar-refractivity contribution >= 4 is 17.5 Å². The lowest BCUT2D eigenvalue weighted by molar-refractivity contribution is -0.114. The molecule has 23 heavy (non-hydrogen) atoms. The van der Waals surface area contributed by atoms with E-state index in [1.54, 1.807) is 21.8 Å². The molecule has 118 valence electrons. The van der Waals surface area contributed by atoms with Gasteiger partial charge in [0.15, 0.2) is 0 Å². The average Bonchev–Trinajstić information content (AvgIpc) is 3.18. The number of carbonyl (C=O) groups excluding carboxylic acids is 2. The largest absolute Gasteiger partial charge is 0.348 e. The van der Waals surface area contributed by atoms with Crippen LogP contribution in [0, 0.1) is 0 Å². The molecule has 0 saturated carbocycles. The molecular formula is C16H17N5O2. The highest BCUT2D eigenvalue weighted by Crippen LogP contribution is 2.24. The van der Waals surface area contributed by atoms with Gasteiger partial charge in [-0.3, -0.25) is 9.59 Å². The molecule has 0 atom stereocenters. The van der Waals surface area contributed by atoms with E-state index < -0.39 is 0 Å². The van der Waals surface area contributed by atoms with E-state index in [1.807, 2.05) is 19.1 Å². The molecule has 0 radical (unpaired) electrons. The number of aromatic nitrogens is 3. The lowest BCUT2D eigenvalue weighted by atomic mass is 10.1. The van der Waals surface area contributed by atoms with E-state index >= 15 is 0 Å². The predicted molar refractivity (Wildman–Crippen MR) is 84.7 cm³/mol. The van der Waals surface area contributed by atoms with E-state index in [2.05, 4.69) is 22.2 Å². The number of nitrogens with zero attached hydrogens (tertiary/aromatic N) is 4. The molecule has 1 aliphatic heterocycles. The molecule has 0 unspecified atom stereocenters. The summed E-state index contributed by atoms with van der Waals surface area (Å²) in [5, 5.41) is 10.6. The summed E-state index contributed by atoms with van der Waals surface area (Å²) in [6.45, 7) is 7.01. The highest BCUT2D eigenvalue weighted by Gasteiger charge is 2.22. The minimum absolute atomic E-state index is 0.117. The van der Waals surface area contributed by atoms with Crippen molar-refractivity contribution in [2.75, 3.05) is 4.90 Å². The minimum atomic E-state index is -0.243.